The predicted molar refractivity (Wildman–Crippen MR) is 80.1 cm³/mol. The van der Waals surface area contributed by atoms with Crippen LogP contribution in [0.1, 0.15) is 13.8 Å². The number of hydrogen-bond acceptors (Lipinski definition) is 4. The molecule has 0 aliphatic carbocycles. The van der Waals surface area contributed by atoms with E-state index in [0.29, 0.717) is 5.82 Å². The van der Waals surface area contributed by atoms with Gasteiger partial charge in [-0.2, -0.15) is 0 Å². The lowest BCUT2D eigenvalue weighted by Crippen LogP contribution is -2.34. The number of carbonyl (C=O) groups is 1. The fraction of sp³-hybridized carbons (Fsp3) is 0.333. The van der Waals surface area contributed by atoms with E-state index in [9.17, 15) is 4.79 Å². The van der Waals surface area contributed by atoms with Crippen molar-refractivity contribution in [2.75, 3.05) is 19.0 Å². The number of methoxy groups -OCH3 is 1. The number of benzene rings is 1. The molecule has 0 unspecified atom stereocenters. The molecule has 0 saturated carbocycles. The fourth-order valence-electron chi connectivity index (χ4n) is 1.96. The monoisotopic (exact) mass is 273 g/mol. The van der Waals surface area contributed by atoms with Crippen LogP contribution in [0.4, 0.5) is 5.82 Å². The average molecular weight is 273 g/mol. The maximum Gasteiger partial charge on any atom is 0.239 e. The number of anilines is 1. The van der Waals surface area contributed by atoms with Crippen LogP contribution in [0.2, 0.25) is 0 Å². The lowest BCUT2D eigenvalue weighted by atomic mass is 10.1. The van der Waals surface area contributed by atoms with Crippen molar-refractivity contribution in [3.05, 3.63) is 30.5 Å². The Hall–Kier alpha value is -2.30. The summed E-state index contributed by atoms with van der Waals surface area (Å²) in [7, 11) is 1.64. The van der Waals surface area contributed by atoms with Crippen LogP contribution in [0.25, 0.3) is 10.8 Å². The average Bonchev–Trinajstić information content (AvgIpc) is 2.43. The Kier molecular flexibility index (Phi) is 4.40. The molecular weight excluding hydrogens is 254 g/mol. The molecular formula is C15H19N3O2. The van der Waals surface area contributed by atoms with Gasteiger partial charge in [-0.05, 0) is 43.5 Å². The number of pyridine rings is 1. The van der Waals surface area contributed by atoms with E-state index in [1.54, 1.807) is 13.3 Å². The lowest BCUT2D eigenvalue weighted by molar-refractivity contribution is -0.119. The van der Waals surface area contributed by atoms with Gasteiger partial charge in [-0.1, -0.05) is 0 Å². The quantitative estimate of drug-likeness (QED) is 0.876. The zero-order chi connectivity index (χ0) is 14.5. The standard InChI is InChI=1S/C15H19N3O2/c1-10(2)18-14(19)9-17-15-13-5-4-12(20-3)8-11(13)6-7-16-15/h4-8,10H,9H2,1-3H3,(H,16,17)(H,18,19). The summed E-state index contributed by atoms with van der Waals surface area (Å²) in [6.45, 7) is 4.07. The van der Waals surface area contributed by atoms with Crippen molar-refractivity contribution in [3.63, 3.8) is 0 Å². The molecule has 1 amide bonds. The van der Waals surface area contributed by atoms with Crippen molar-refractivity contribution in [2.45, 2.75) is 19.9 Å². The third-order valence-corrected chi connectivity index (χ3v) is 2.84. The van der Waals surface area contributed by atoms with Gasteiger partial charge in [0, 0.05) is 17.6 Å². The van der Waals surface area contributed by atoms with E-state index in [-0.39, 0.29) is 18.5 Å². The van der Waals surface area contributed by atoms with Crippen LogP contribution in [-0.2, 0) is 4.79 Å². The van der Waals surface area contributed by atoms with E-state index < -0.39 is 0 Å². The molecule has 0 radical (unpaired) electrons. The Morgan fingerprint density at radius 3 is 2.85 bits per heavy atom. The summed E-state index contributed by atoms with van der Waals surface area (Å²) in [6.07, 6.45) is 1.71. The third kappa shape index (κ3) is 3.38. The number of ether oxygens (including phenoxy) is 1. The van der Waals surface area contributed by atoms with Crippen molar-refractivity contribution in [1.29, 1.82) is 0 Å². The van der Waals surface area contributed by atoms with E-state index in [1.807, 2.05) is 38.1 Å². The summed E-state index contributed by atoms with van der Waals surface area (Å²) in [5.41, 5.74) is 0. The van der Waals surface area contributed by atoms with Crippen LogP contribution in [0, 0.1) is 0 Å². The molecule has 0 fully saturated rings. The summed E-state index contributed by atoms with van der Waals surface area (Å²) in [4.78, 5) is 15.9. The van der Waals surface area contributed by atoms with Crippen molar-refractivity contribution >= 4 is 22.5 Å². The first-order chi connectivity index (χ1) is 9.60. The van der Waals surface area contributed by atoms with Gasteiger partial charge in [-0.15, -0.1) is 0 Å². The summed E-state index contributed by atoms with van der Waals surface area (Å²) in [5.74, 6) is 1.45. The smallest absolute Gasteiger partial charge is 0.239 e. The number of nitrogens with one attached hydrogen (secondary N) is 2. The Balaban J connectivity index is 2.16. The van der Waals surface area contributed by atoms with E-state index in [1.165, 1.54) is 0 Å². The molecule has 0 aliphatic heterocycles. The van der Waals surface area contributed by atoms with Crippen molar-refractivity contribution in [2.24, 2.45) is 0 Å². The fourth-order valence-corrected chi connectivity index (χ4v) is 1.96. The Bertz CT molecular complexity index is 611. The van der Waals surface area contributed by atoms with Gasteiger partial charge in [0.05, 0.1) is 13.7 Å². The highest BCUT2D eigenvalue weighted by Crippen LogP contribution is 2.24. The molecule has 2 N–H and O–H groups in total. The maximum atomic E-state index is 11.6. The Morgan fingerprint density at radius 1 is 1.35 bits per heavy atom. The number of nitrogens with zero attached hydrogens (tertiary/aromatic N) is 1. The molecule has 5 nitrogen and oxygen atoms in total. The van der Waals surface area contributed by atoms with Crippen LogP contribution < -0.4 is 15.4 Å². The van der Waals surface area contributed by atoms with Gasteiger partial charge in [0.1, 0.15) is 11.6 Å². The van der Waals surface area contributed by atoms with Gasteiger partial charge in [-0.25, -0.2) is 4.98 Å². The molecule has 0 bridgehead atoms. The van der Waals surface area contributed by atoms with Crippen molar-refractivity contribution in [1.82, 2.24) is 10.3 Å². The van der Waals surface area contributed by atoms with Gasteiger partial charge < -0.3 is 15.4 Å². The van der Waals surface area contributed by atoms with Crippen LogP contribution in [-0.4, -0.2) is 30.6 Å². The number of hydrogen-bond donors (Lipinski definition) is 2. The normalized spacial score (nSPS) is 10.6. The van der Waals surface area contributed by atoms with Crippen molar-refractivity contribution in [3.8, 4) is 5.75 Å². The molecule has 2 aromatic rings. The number of amides is 1. The summed E-state index contributed by atoms with van der Waals surface area (Å²) in [6, 6.07) is 7.80. The first-order valence-corrected chi connectivity index (χ1v) is 6.56. The van der Waals surface area contributed by atoms with Crippen molar-refractivity contribution < 1.29 is 9.53 Å². The first kappa shape index (κ1) is 14.1. The minimum atomic E-state index is -0.0488. The second-order valence-corrected chi connectivity index (χ2v) is 4.82. The van der Waals surface area contributed by atoms with Gasteiger partial charge in [-0.3, -0.25) is 4.79 Å². The minimum Gasteiger partial charge on any atom is -0.497 e. The Labute approximate surface area is 118 Å². The predicted octanol–water partition coefficient (Wildman–Crippen LogP) is 2.18. The maximum absolute atomic E-state index is 11.6. The van der Waals surface area contributed by atoms with E-state index >= 15 is 0 Å². The van der Waals surface area contributed by atoms with Crippen LogP contribution in [0.3, 0.4) is 0 Å². The summed E-state index contributed by atoms with van der Waals surface area (Å²) < 4.78 is 5.20. The van der Waals surface area contributed by atoms with Gasteiger partial charge in [0.2, 0.25) is 5.91 Å². The third-order valence-electron chi connectivity index (χ3n) is 2.84. The molecule has 0 aliphatic rings. The van der Waals surface area contributed by atoms with Crippen LogP contribution in [0.15, 0.2) is 30.5 Å². The minimum absolute atomic E-state index is 0.0488. The second-order valence-electron chi connectivity index (χ2n) is 4.82. The molecule has 5 heteroatoms. The lowest BCUT2D eigenvalue weighted by Gasteiger charge is -2.11. The van der Waals surface area contributed by atoms with Crippen LogP contribution in [0.5, 0.6) is 5.75 Å². The zero-order valence-electron chi connectivity index (χ0n) is 11.9. The molecule has 1 heterocycles. The summed E-state index contributed by atoms with van der Waals surface area (Å²) in [5, 5.41) is 7.88. The van der Waals surface area contributed by atoms with Gasteiger partial charge in [0.15, 0.2) is 0 Å². The number of fused-ring (bicyclic) bond motifs is 1. The van der Waals surface area contributed by atoms with E-state index in [0.717, 1.165) is 16.5 Å². The highest BCUT2D eigenvalue weighted by molar-refractivity contribution is 5.93. The Morgan fingerprint density at radius 2 is 2.15 bits per heavy atom. The van der Waals surface area contributed by atoms with E-state index in [2.05, 4.69) is 15.6 Å². The number of rotatable bonds is 5. The SMILES string of the molecule is COc1ccc2c(NCC(=O)NC(C)C)nccc2c1. The zero-order valence-corrected chi connectivity index (χ0v) is 11.9. The molecule has 1 aromatic carbocycles. The van der Waals surface area contributed by atoms with Crippen LogP contribution >= 0.6 is 0 Å². The first-order valence-electron chi connectivity index (χ1n) is 6.56. The molecule has 0 atom stereocenters. The highest BCUT2D eigenvalue weighted by atomic mass is 16.5. The summed E-state index contributed by atoms with van der Waals surface area (Å²) >= 11 is 0. The highest BCUT2D eigenvalue weighted by Gasteiger charge is 2.06. The molecule has 1 aromatic heterocycles. The van der Waals surface area contributed by atoms with E-state index in [4.69, 9.17) is 4.74 Å². The van der Waals surface area contributed by atoms with Gasteiger partial charge >= 0.3 is 0 Å². The number of carbonyl (C=O) groups excluding carboxylic acids is 1. The molecule has 2 rings (SSSR count). The molecule has 20 heavy (non-hydrogen) atoms. The second kappa shape index (κ2) is 6.23. The van der Waals surface area contributed by atoms with Gasteiger partial charge in [0.25, 0.3) is 0 Å². The largest absolute Gasteiger partial charge is 0.497 e. The molecule has 0 saturated heterocycles. The molecule has 106 valence electrons. The molecule has 0 spiro atoms. The topological polar surface area (TPSA) is 63.2 Å². The number of aromatic nitrogens is 1.